The summed E-state index contributed by atoms with van der Waals surface area (Å²) in [7, 11) is -3.76. The van der Waals surface area contributed by atoms with Crippen molar-refractivity contribution in [2.75, 3.05) is 13.2 Å². The fraction of sp³-hybridized carbons (Fsp3) is 0.200. The lowest BCUT2D eigenvalue weighted by Crippen LogP contribution is -2.26. The van der Waals surface area contributed by atoms with Gasteiger partial charge >= 0.3 is 0 Å². The van der Waals surface area contributed by atoms with Crippen LogP contribution in [0.15, 0.2) is 47.4 Å². The third kappa shape index (κ3) is 5.07. The van der Waals surface area contributed by atoms with E-state index in [0.717, 1.165) is 0 Å². The van der Waals surface area contributed by atoms with E-state index < -0.39 is 15.8 Å². The van der Waals surface area contributed by atoms with E-state index in [-0.39, 0.29) is 33.8 Å². The topological polar surface area (TPSA) is 55.4 Å². The van der Waals surface area contributed by atoms with Crippen LogP contribution in [0.1, 0.15) is 6.42 Å². The summed E-state index contributed by atoms with van der Waals surface area (Å²) >= 11 is 11.7. The average molecular weight is 378 g/mol. The maximum atomic E-state index is 13.3. The zero-order chi connectivity index (χ0) is 16.9. The van der Waals surface area contributed by atoms with Crippen LogP contribution >= 0.6 is 23.2 Å². The van der Waals surface area contributed by atoms with Crippen LogP contribution in [0.5, 0.6) is 5.75 Å². The van der Waals surface area contributed by atoms with Crippen molar-refractivity contribution < 1.29 is 17.5 Å². The van der Waals surface area contributed by atoms with Crippen LogP contribution in [-0.4, -0.2) is 21.6 Å². The van der Waals surface area contributed by atoms with Crippen molar-refractivity contribution in [3.63, 3.8) is 0 Å². The van der Waals surface area contributed by atoms with E-state index in [9.17, 15) is 12.8 Å². The van der Waals surface area contributed by atoms with Crippen LogP contribution in [0.4, 0.5) is 4.39 Å². The summed E-state index contributed by atoms with van der Waals surface area (Å²) in [5.74, 6) is -0.327. The monoisotopic (exact) mass is 377 g/mol. The molecule has 0 bridgehead atoms. The second-order valence-corrected chi connectivity index (χ2v) is 7.18. The van der Waals surface area contributed by atoms with Gasteiger partial charge in [-0.3, -0.25) is 0 Å². The smallest absolute Gasteiger partial charge is 0.242 e. The first kappa shape index (κ1) is 18.0. The first-order chi connectivity index (χ1) is 10.9. The van der Waals surface area contributed by atoms with Gasteiger partial charge in [-0.15, -0.1) is 0 Å². The van der Waals surface area contributed by atoms with Crippen LogP contribution in [0.3, 0.4) is 0 Å². The maximum absolute atomic E-state index is 13.3. The normalized spacial score (nSPS) is 11.4. The molecule has 124 valence electrons. The highest BCUT2D eigenvalue weighted by atomic mass is 35.5. The minimum absolute atomic E-state index is 0.0818. The van der Waals surface area contributed by atoms with Crippen LogP contribution < -0.4 is 9.46 Å². The Labute approximate surface area is 144 Å². The van der Waals surface area contributed by atoms with Crippen molar-refractivity contribution >= 4 is 33.2 Å². The minimum atomic E-state index is -3.76. The Hall–Kier alpha value is -1.34. The second-order valence-electron chi connectivity index (χ2n) is 4.60. The third-order valence-electron chi connectivity index (χ3n) is 2.89. The molecule has 2 rings (SSSR count). The maximum Gasteiger partial charge on any atom is 0.242 e. The molecule has 0 aliphatic heterocycles. The van der Waals surface area contributed by atoms with Crippen molar-refractivity contribution in [3.05, 3.63) is 58.3 Å². The Morgan fingerprint density at radius 1 is 1.13 bits per heavy atom. The molecule has 1 N–H and O–H groups in total. The number of nitrogens with one attached hydrogen (secondary N) is 1. The molecule has 2 aromatic carbocycles. The van der Waals surface area contributed by atoms with E-state index in [1.165, 1.54) is 30.3 Å². The van der Waals surface area contributed by atoms with Gasteiger partial charge in [-0.1, -0.05) is 35.3 Å². The predicted molar refractivity (Wildman–Crippen MR) is 88.2 cm³/mol. The van der Waals surface area contributed by atoms with E-state index in [1.54, 1.807) is 12.1 Å². The lowest BCUT2D eigenvalue weighted by Gasteiger charge is -2.10. The highest BCUT2D eigenvalue weighted by Crippen LogP contribution is 2.24. The van der Waals surface area contributed by atoms with Gasteiger partial charge in [0.05, 0.1) is 11.6 Å². The van der Waals surface area contributed by atoms with E-state index in [4.69, 9.17) is 27.9 Å². The molecule has 0 saturated carbocycles. The standard InChI is InChI=1S/C15H14Cl2FNO3S/c16-11-6-7-12(17)15(10-11)23(20,21)19-8-3-9-22-14-5-2-1-4-13(14)18/h1-2,4-7,10,19H,3,8-9H2. The predicted octanol–water partition coefficient (Wildman–Crippen LogP) is 3.88. The number of sulfonamides is 1. The molecule has 23 heavy (non-hydrogen) atoms. The molecule has 0 spiro atoms. The molecule has 0 heterocycles. The van der Waals surface area contributed by atoms with Crippen LogP contribution in [0, 0.1) is 5.82 Å². The Morgan fingerprint density at radius 2 is 1.87 bits per heavy atom. The highest BCUT2D eigenvalue weighted by Gasteiger charge is 2.17. The summed E-state index contributed by atoms with van der Waals surface area (Å²) < 4.78 is 45.2. The molecular weight excluding hydrogens is 364 g/mol. The fourth-order valence-electron chi connectivity index (χ4n) is 1.78. The van der Waals surface area contributed by atoms with Crippen LogP contribution in [0.25, 0.3) is 0 Å². The van der Waals surface area contributed by atoms with E-state index in [1.807, 2.05) is 0 Å². The molecule has 0 aliphatic carbocycles. The Balaban J connectivity index is 1.86. The molecule has 0 fully saturated rings. The summed E-state index contributed by atoms with van der Waals surface area (Å²) in [6.45, 7) is 0.298. The minimum Gasteiger partial charge on any atom is -0.490 e. The number of hydrogen-bond donors (Lipinski definition) is 1. The molecule has 0 saturated heterocycles. The van der Waals surface area contributed by atoms with Gasteiger partial charge in [0.1, 0.15) is 4.90 Å². The molecule has 0 aliphatic rings. The Morgan fingerprint density at radius 3 is 2.61 bits per heavy atom. The molecule has 0 atom stereocenters. The summed E-state index contributed by atoms with van der Waals surface area (Å²) in [4.78, 5) is -0.0818. The lowest BCUT2D eigenvalue weighted by atomic mass is 10.3. The molecule has 0 aromatic heterocycles. The van der Waals surface area contributed by atoms with Gasteiger partial charge < -0.3 is 4.74 Å². The number of halogens is 3. The van der Waals surface area contributed by atoms with Crippen molar-refractivity contribution in [1.29, 1.82) is 0 Å². The molecule has 0 radical (unpaired) electrons. The number of para-hydroxylation sites is 1. The van der Waals surface area contributed by atoms with Crippen LogP contribution in [-0.2, 0) is 10.0 Å². The first-order valence-electron chi connectivity index (χ1n) is 6.72. The molecule has 4 nitrogen and oxygen atoms in total. The van der Waals surface area contributed by atoms with E-state index >= 15 is 0 Å². The van der Waals surface area contributed by atoms with Gasteiger partial charge in [-0.05, 0) is 36.8 Å². The Bertz CT molecular complexity index is 784. The van der Waals surface area contributed by atoms with Gasteiger partial charge in [0.25, 0.3) is 0 Å². The van der Waals surface area contributed by atoms with Crippen LogP contribution in [0.2, 0.25) is 10.0 Å². The number of benzene rings is 2. The Kier molecular flexibility index (Phi) is 6.24. The largest absolute Gasteiger partial charge is 0.490 e. The average Bonchev–Trinajstić information content (AvgIpc) is 2.51. The zero-order valence-electron chi connectivity index (χ0n) is 11.9. The number of hydrogen-bond acceptors (Lipinski definition) is 3. The highest BCUT2D eigenvalue weighted by molar-refractivity contribution is 7.89. The number of ether oxygens (including phenoxy) is 1. The van der Waals surface area contributed by atoms with E-state index in [0.29, 0.717) is 6.42 Å². The first-order valence-corrected chi connectivity index (χ1v) is 8.96. The summed E-state index contributed by atoms with van der Waals surface area (Å²) in [5.41, 5.74) is 0. The summed E-state index contributed by atoms with van der Waals surface area (Å²) in [5, 5.41) is 0.363. The molecule has 0 amide bonds. The van der Waals surface area contributed by atoms with Gasteiger partial charge in [-0.25, -0.2) is 17.5 Å². The molecule has 2 aromatic rings. The van der Waals surface area contributed by atoms with Gasteiger partial charge in [-0.2, -0.15) is 0 Å². The number of rotatable bonds is 7. The van der Waals surface area contributed by atoms with Crippen molar-refractivity contribution in [3.8, 4) is 5.75 Å². The van der Waals surface area contributed by atoms with Gasteiger partial charge in [0.15, 0.2) is 11.6 Å². The quantitative estimate of drug-likeness (QED) is 0.744. The zero-order valence-corrected chi connectivity index (χ0v) is 14.3. The van der Waals surface area contributed by atoms with Gasteiger partial charge in [0.2, 0.25) is 10.0 Å². The molecule has 0 unspecified atom stereocenters. The third-order valence-corrected chi connectivity index (χ3v) is 5.07. The molecule has 8 heteroatoms. The SMILES string of the molecule is O=S(=O)(NCCCOc1ccccc1F)c1cc(Cl)ccc1Cl. The summed E-state index contributed by atoms with van der Waals surface area (Å²) in [6.07, 6.45) is 0.367. The van der Waals surface area contributed by atoms with Crippen molar-refractivity contribution in [2.45, 2.75) is 11.3 Å². The van der Waals surface area contributed by atoms with Crippen molar-refractivity contribution in [1.82, 2.24) is 4.72 Å². The molecular formula is C15H14Cl2FNO3S. The van der Waals surface area contributed by atoms with Crippen molar-refractivity contribution in [2.24, 2.45) is 0 Å². The summed E-state index contributed by atoms with van der Waals surface area (Å²) in [6, 6.07) is 10.2. The van der Waals surface area contributed by atoms with Gasteiger partial charge in [0, 0.05) is 11.6 Å². The fourth-order valence-corrected chi connectivity index (χ4v) is 3.62. The lowest BCUT2D eigenvalue weighted by molar-refractivity contribution is 0.296. The van der Waals surface area contributed by atoms with E-state index in [2.05, 4.69) is 4.72 Å². The second kappa shape index (κ2) is 7.97.